The van der Waals surface area contributed by atoms with E-state index < -0.39 is 166 Å². The number of carbonyl (C=O) groups excluding carboxylic acids is 9. The number of carbonyl (C=O) groups is 9. The van der Waals surface area contributed by atoms with Gasteiger partial charge < -0.3 is 76.2 Å². The largest absolute Gasteiger partial charge is 0.497 e. The van der Waals surface area contributed by atoms with Crippen molar-refractivity contribution in [3.05, 3.63) is 29.8 Å². The van der Waals surface area contributed by atoms with Crippen LogP contribution in [0.4, 0.5) is 0 Å². The van der Waals surface area contributed by atoms with Crippen LogP contribution < -0.4 is 4.74 Å². The van der Waals surface area contributed by atoms with Crippen molar-refractivity contribution in [2.45, 2.75) is 148 Å². The maximum absolute atomic E-state index is 13.4. The summed E-state index contributed by atoms with van der Waals surface area (Å²) in [5.74, 6) is -7.59. The van der Waals surface area contributed by atoms with Gasteiger partial charge in [-0.15, -0.1) is 0 Å². The number of hydrogen-bond donors (Lipinski definition) is 1. The number of hydrogen-bond acceptors (Lipinski definition) is 25. The molecule has 25 nitrogen and oxygen atoms in total. The van der Waals surface area contributed by atoms with Gasteiger partial charge in [-0.2, -0.15) is 0 Å². The molecular formula is C42H54O25. The Bertz CT molecular complexity index is 1940. The molecule has 1 N–H and O–H groups in total. The molecule has 1 aromatic rings. The molecule has 3 saturated heterocycles. The van der Waals surface area contributed by atoms with E-state index in [1.54, 1.807) is 0 Å². The van der Waals surface area contributed by atoms with Crippen LogP contribution in [0.15, 0.2) is 24.3 Å². The SMILES string of the molecule is COc1ccc(C(=O)OC[C@H]2O[C@@H](O[C@H]3[C@H](OC(C)=O)[C@@H](OC(C)=O)[C@H](O)O[C@@H]3COC(C)=O)[C@H](OC(C)=O)C[C@H]2O[C@H]2O[C@H](COC(C)=O)[C@H](OC(C)=O)[C@H](OC(C)=O)[C@H]2OC(C)=O)cc1. The Morgan fingerprint density at radius 3 is 1.43 bits per heavy atom. The average molecular weight is 959 g/mol. The van der Waals surface area contributed by atoms with Gasteiger partial charge >= 0.3 is 53.7 Å². The molecule has 0 aromatic heterocycles. The summed E-state index contributed by atoms with van der Waals surface area (Å²) >= 11 is 0. The third-order valence-corrected chi connectivity index (χ3v) is 9.73. The molecule has 0 radical (unpaired) electrons. The molecular weight excluding hydrogens is 904 g/mol. The lowest BCUT2D eigenvalue weighted by molar-refractivity contribution is -0.363. The fourth-order valence-corrected chi connectivity index (χ4v) is 7.20. The van der Waals surface area contributed by atoms with Gasteiger partial charge in [-0.1, -0.05) is 0 Å². The number of aliphatic hydroxyl groups is 1. The quantitative estimate of drug-likeness (QED) is 0.148. The van der Waals surface area contributed by atoms with E-state index in [2.05, 4.69) is 0 Å². The van der Waals surface area contributed by atoms with E-state index in [-0.39, 0.29) is 5.56 Å². The molecule has 0 amide bonds. The van der Waals surface area contributed by atoms with Gasteiger partial charge in [0.2, 0.25) is 0 Å². The minimum atomic E-state index is -1.96. The lowest BCUT2D eigenvalue weighted by atomic mass is 9.96. The minimum absolute atomic E-state index is 0.0613. The van der Waals surface area contributed by atoms with Crippen molar-refractivity contribution in [3.8, 4) is 5.75 Å². The van der Waals surface area contributed by atoms with Crippen molar-refractivity contribution in [1.29, 1.82) is 0 Å². The van der Waals surface area contributed by atoms with Crippen LogP contribution in [0.1, 0.15) is 72.2 Å². The summed E-state index contributed by atoms with van der Waals surface area (Å²) < 4.78 is 84.9. The van der Waals surface area contributed by atoms with Crippen molar-refractivity contribution in [2.24, 2.45) is 0 Å². The predicted molar refractivity (Wildman–Crippen MR) is 212 cm³/mol. The smallest absolute Gasteiger partial charge is 0.338 e. The van der Waals surface area contributed by atoms with E-state index in [4.69, 9.17) is 71.1 Å². The van der Waals surface area contributed by atoms with Crippen molar-refractivity contribution >= 4 is 53.7 Å². The molecule has 25 heteroatoms. The third kappa shape index (κ3) is 15.8. The molecule has 1 aromatic carbocycles. The number of benzene rings is 1. The first-order valence-corrected chi connectivity index (χ1v) is 20.6. The molecule has 3 fully saturated rings. The second kappa shape index (κ2) is 24.7. The summed E-state index contributed by atoms with van der Waals surface area (Å²) in [7, 11) is 1.42. The van der Waals surface area contributed by atoms with Crippen LogP contribution in [0.2, 0.25) is 0 Å². The van der Waals surface area contributed by atoms with E-state index in [1.807, 2.05) is 0 Å². The summed E-state index contributed by atoms with van der Waals surface area (Å²) in [6, 6.07) is 5.81. The van der Waals surface area contributed by atoms with Crippen molar-refractivity contribution in [2.75, 3.05) is 26.9 Å². The first kappa shape index (κ1) is 53.6. The second-order valence-corrected chi connectivity index (χ2v) is 15.1. The van der Waals surface area contributed by atoms with Crippen LogP contribution in [0.3, 0.4) is 0 Å². The maximum Gasteiger partial charge on any atom is 0.338 e. The second-order valence-electron chi connectivity index (χ2n) is 15.1. The highest BCUT2D eigenvalue weighted by Crippen LogP contribution is 2.37. The fourth-order valence-electron chi connectivity index (χ4n) is 7.20. The third-order valence-electron chi connectivity index (χ3n) is 9.73. The zero-order valence-corrected chi connectivity index (χ0v) is 38.0. The highest BCUT2D eigenvalue weighted by Gasteiger charge is 2.57. The maximum atomic E-state index is 13.4. The molecule has 0 unspecified atom stereocenters. The zero-order valence-electron chi connectivity index (χ0n) is 38.0. The molecule has 3 heterocycles. The monoisotopic (exact) mass is 958 g/mol. The zero-order chi connectivity index (χ0) is 49.7. The summed E-state index contributed by atoms with van der Waals surface area (Å²) in [6.07, 6.45) is -23.5. The summed E-state index contributed by atoms with van der Waals surface area (Å²) in [5, 5.41) is 10.9. The Kier molecular flexibility index (Phi) is 19.8. The summed E-state index contributed by atoms with van der Waals surface area (Å²) in [6.45, 7) is 6.33. The molecule has 372 valence electrons. The highest BCUT2D eigenvalue weighted by atomic mass is 16.8. The van der Waals surface area contributed by atoms with Gasteiger partial charge in [0, 0.05) is 61.8 Å². The van der Waals surface area contributed by atoms with E-state index in [1.165, 1.54) is 31.4 Å². The number of ether oxygens (including phenoxy) is 15. The molecule has 0 aliphatic carbocycles. The molecule has 0 saturated carbocycles. The van der Waals surface area contributed by atoms with Crippen LogP contribution in [-0.4, -0.2) is 172 Å². The summed E-state index contributed by atoms with van der Waals surface area (Å²) in [4.78, 5) is 112. The number of methoxy groups -OCH3 is 1. The molecule has 14 atom stereocenters. The van der Waals surface area contributed by atoms with E-state index in [9.17, 15) is 48.3 Å². The Morgan fingerprint density at radius 2 is 0.925 bits per heavy atom. The Labute approximate surface area is 383 Å². The minimum Gasteiger partial charge on any atom is -0.497 e. The van der Waals surface area contributed by atoms with Gasteiger partial charge in [-0.05, 0) is 24.3 Å². The van der Waals surface area contributed by atoms with E-state index in [0.29, 0.717) is 5.75 Å². The predicted octanol–water partition coefficient (Wildman–Crippen LogP) is -0.104. The molecule has 0 bridgehead atoms. The highest BCUT2D eigenvalue weighted by molar-refractivity contribution is 5.89. The van der Waals surface area contributed by atoms with Gasteiger partial charge in [-0.3, -0.25) is 38.4 Å². The Hall–Kier alpha value is -5.99. The van der Waals surface area contributed by atoms with Crippen LogP contribution in [0, 0.1) is 0 Å². The molecule has 67 heavy (non-hydrogen) atoms. The molecule has 4 rings (SSSR count). The Balaban J connectivity index is 1.82. The number of aliphatic hydroxyl groups excluding tert-OH is 1. The van der Waals surface area contributed by atoms with Gasteiger partial charge in [0.05, 0.1) is 18.8 Å². The van der Waals surface area contributed by atoms with Crippen LogP contribution in [0.25, 0.3) is 0 Å². The van der Waals surface area contributed by atoms with Gasteiger partial charge in [0.25, 0.3) is 0 Å². The Morgan fingerprint density at radius 1 is 0.478 bits per heavy atom. The standard InChI is InChI=1S/C42H54O25/c1-18(43)54-16-31-34(35(59-22(5)47)37(40(52)63-31)61-24(7)49)67-41-29(57-20(3)45)14-28(30(65-41)15-56-39(51)26-10-12-27(53-9)13-11-26)64-42-38(62-25(8)50)36(60-23(6)48)33(58-21(4)46)32(66-42)17-55-19(2)44/h10-13,28-38,40-42,52H,14-17H2,1-9H3/t28-,29-,30-,31-,32-,33+,34-,35+,36+,37-,38-,40-,41+,42+/m1/s1. The molecule has 3 aliphatic rings. The molecule has 3 aliphatic heterocycles. The lowest BCUT2D eigenvalue weighted by Gasteiger charge is -2.48. The first-order chi connectivity index (χ1) is 31.6. The van der Waals surface area contributed by atoms with Crippen LogP contribution >= 0.6 is 0 Å². The van der Waals surface area contributed by atoms with Crippen molar-refractivity contribution < 1.29 is 119 Å². The summed E-state index contributed by atoms with van der Waals surface area (Å²) in [5.41, 5.74) is 0.0613. The van der Waals surface area contributed by atoms with Gasteiger partial charge in [0.1, 0.15) is 50.0 Å². The number of rotatable bonds is 18. The van der Waals surface area contributed by atoms with Crippen LogP contribution in [-0.2, 0) is 105 Å². The van der Waals surface area contributed by atoms with Gasteiger partial charge in [0.15, 0.2) is 55.5 Å². The van der Waals surface area contributed by atoms with Crippen molar-refractivity contribution in [3.63, 3.8) is 0 Å². The lowest BCUT2D eigenvalue weighted by Crippen LogP contribution is -2.65. The first-order valence-electron chi connectivity index (χ1n) is 20.6. The van der Waals surface area contributed by atoms with E-state index in [0.717, 1.165) is 55.4 Å². The molecule has 0 spiro atoms. The topological polar surface area (TPSA) is 312 Å². The van der Waals surface area contributed by atoms with Crippen molar-refractivity contribution in [1.82, 2.24) is 0 Å². The number of esters is 9. The normalized spacial score (nSPS) is 30.2. The fraction of sp³-hybridized carbons (Fsp3) is 0.643. The van der Waals surface area contributed by atoms with Crippen LogP contribution in [0.5, 0.6) is 5.75 Å². The van der Waals surface area contributed by atoms with E-state index >= 15 is 0 Å². The van der Waals surface area contributed by atoms with Gasteiger partial charge in [-0.25, -0.2) is 4.79 Å². The average Bonchev–Trinajstić information content (AvgIpc) is 3.22.